The topological polar surface area (TPSA) is 83.0 Å². The Morgan fingerprint density at radius 3 is 3.00 bits per heavy atom. The van der Waals surface area contributed by atoms with Crippen LogP contribution in [0, 0.1) is 6.92 Å². The number of carbonyl (C=O) groups excluding carboxylic acids is 1. The first-order valence-corrected chi connectivity index (χ1v) is 9.16. The van der Waals surface area contributed by atoms with Crippen molar-refractivity contribution in [2.24, 2.45) is 0 Å². The molecule has 1 atom stereocenters. The average Bonchev–Trinajstić information content (AvgIpc) is 2.67. The summed E-state index contributed by atoms with van der Waals surface area (Å²) in [5.41, 5.74) is 1.91. The monoisotopic (exact) mass is 354 g/mol. The van der Waals surface area contributed by atoms with E-state index in [9.17, 15) is 4.79 Å². The highest BCUT2D eigenvalue weighted by atomic mass is 16.2. The zero-order chi connectivity index (χ0) is 18.4. The molecule has 2 N–H and O–H groups in total. The molecule has 0 aromatic carbocycles. The van der Waals surface area contributed by atoms with E-state index in [4.69, 9.17) is 0 Å². The Hall–Kier alpha value is -2.54. The number of carbonyl (C=O) groups is 1. The van der Waals surface area contributed by atoms with Gasteiger partial charge in [0.15, 0.2) is 0 Å². The van der Waals surface area contributed by atoms with E-state index in [0.29, 0.717) is 13.1 Å². The van der Waals surface area contributed by atoms with Gasteiger partial charge >= 0.3 is 0 Å². The number of amides is 1. The minimum Gasteiger partial charge on any atom is -0.353 e. The molecule has 138 valence electrons. The number of hydrogen-bond acceptors (Lipinski definition) is 6. The van der Waals surface area contributed by atoms with Crippen LogP contribution in [0.15, 0.2) is 30.5 Å². The van der Waals surface area contributed by atoms with Gasteiger partial charge in [0.1, 0.15) is 17.7 Å². The number of anilines is 1. The molecular weight excluding hydrogens is 328 g/mol. The minimum atomic E-state index is -0.266. The van der Waals surface area contributed by atoms with E-state index in [1.165, 1.54) is 0 Å². The van der Waals surface area contributed by atoms with E-state index in [1.54, 1.807) is 6.20 Å². The molecule has 0 aliphatic carbocycles. The number of aromatic nitrogens is 3. The summed E-state index contributed by atoms with van der Waals surface area (Å²) in [7, 11) is 0. The second kappa shape index (κ2) is 8.71. The number of aryl methyl sites for hydroxylation is 2. The summed E-state index contributed by atoms with van der Waals surface area (Å²) >= 11 is 0. The highest BCUT2D eigenvalue weighted by molar-refractivity contribution is 5.82. The molecule has 3 heterocycles. The van der Waals surface area contributed by atoms with Gasteiger partial charge in [0.05, 0.1) is 12.2 Å². The fourth-order valence-electron chi connectivity index (χ4n) is 3.10. The van der Waals surface area contributed by atoms with Gasteiger partial charge in [-0.2, -0.15) is 0 Å². The number of piperazine rings is 1. The van der Waals surface area contributed by atoms with Crippen molar-refractivity contribution in [1.29, 1.82) is 0 Å². The smallest absolute Gasteiger partial charge is 0.239 e. The second-order valence-electron chi connectivity index (χ2n) is 6.51. The molecule has 2 aromatic heterocycles. The maximum absolute atomic E-state index is 12.5. The fourth-order valence-corrected chi connectivity index (χ4v) is 3.10. The summed E-state index contributed by atoms with van der Waals surface area (Å²) in [4.78, 5) is 28.0. The van der Waals surface area contributed by atoms with Crippen LogP contribution in [0.4, 0.5) is 5.82 Å². The molecule has 2 aromatic rings. The largest absolute Gasteiger partial charge is 0.353 e. The summed E-state index contributed by atoms with van der Waals surface area (Å²) in [5, 5.41) is 6.25. The number of nitrogens with zero attached hydrogens (tertiary/aromatic N) is 4. The molecule has 7 nitrogen and oxygen atoms in total. The Morgan fingerprint density at radius 2 is 2.23 bits per heavy atom. The lowest BCUT2D eigenvalue weighted by Crippen LogP contribution is -2.57. The Labute approximate surface area is 154 Å². The molecule has 1 saturated heterocycles. The summed E-state index contributed by atoms with van der Waals surface area (Å²) in [6, 6.07) is 7.46. The molecular formula is C19H26N6O. The van der Waals surface area contributed by atoms with Crippen LogP contribution in [0.5, 0.6) is 0 Å². The van der Waals surface area contributed by atoms with Gasteiger partial charge in [-0.05, 0) is 25.5 Å². The number of pyridine rings is 1. The van der Waals surface area contributed by atoms with Crippen molar-refractivity contribution in [3.05, 3.63) is 47.7 Å². The van der Waals surface area contributed by atoms with Crippen LogP contribution in [0.2, 0.25) is 0 Å². The standard InChI is InChI=1S/C19H26N6O/c1-3-6-15-11-18(24-14(2)23-15)25-10-9-21-17(13-25)19(26)22-12-16-7-4-5-8-20-16/h4-5,7-8,11,17,21H,3,6,9-10,12-13H2,1-2H3,(H,22,26)/t17-/m0/s1. The zero-order valence-corrected chi connectivity index (χ0v) is 15.4. The van der Waals surface area contributed by atoms with E-state index >= 15 is 0 Å². The first kappa shape index (κ1) is 18.3. The van der Waals surface area contributed by atoms with E-state index in [0.717, 1.165) is 49.0 Å². The molecule has 7 heteroatoms. The lowest BCUT2D eigenvalue weighted by atomic mass is 10.1. The molecule has 0 spiro atoms. The lowest BCUT2D eigenvalue weighted by molar-refractivity contribution is -0.123. The fraction of sp³-hybridized carbons (Fsp3) is 0.474. The number of nitrogens with one attached hydrogen (secondary N) is 2. The van der Waals surface area contributed by atoms with Crippen molar-refractivity contribution < 1.29 is 4.79 Å². The van der Waals surface area contributed by atoms with E-state index in [2.05, 4.69) is 37.4 Å². The summed E-state index contributed by atoms with van der Waals surface area (Å²) in [6.45, 7) is 6.66. The highest BCUT2D eigenvalue weighted by Crippen LogP contribution is 2.16. The maximum atomic E-state index is 12.5. The summed E-state index contributed by atoms with van der Waals surface area (Å²) < 4.78 is 0. The molecule has 0 bridgehead atoms. The van der Waals surface area contributed by atoms with Gasteiger partial charge < -0.3 is 15.5 Å². The van der Waals surface area contributed by atoms with Crippen LogP contribution < -0.4 is 15.5 Å². The average molecular weight is 354 g/mol. The van der Waals surface area contributed by atoms with Gasteiger partial charge in [-0.3, -0.25) is 9.78 Å². The van der Waals surface area contributed by atoms with E-state index < -0.39 is 0 Å². The molecule has 1 amide bonds. The van der Waals surface area contributed by atoms with Gasteiger partial charge in [-0.25, -0.2) is 9.97 Å². The van der Waals surface area contributed by atoms with E-state index in [1.807, 2.05) is 31.2 Å². The highest BCUT2D eigenvalue weighted by Gasteiger charge is 2.26. The normalized spacial score (nSPS) is 17.2. The van der Waals surface area contributed by atoms with Crippen LogP contribution in [0.1, 0.15) is 30.6 Å². The SMILES string of the molecule is CCCc1cc(N2CCN[C@H](C(=O)NCc3ccccn3)C2)nc(C)n1. The lowest BCUT2D eigenvalue weighted by Gasteiger charge is -2.34. The van der Waals surface area contributed by atoms with Gasteiger partial charge in [0, 0.05) is 37.6 Å². The molecule has 0 unspecified atom stereocenters. The summed E-state index contributed by atoms with van der Waals surface area (Å²) in [6.07, 6.45) is 3.72. The Kier molecular flexibility index (Phi) is 6.12. The maximum Gasteiger partial charge on any atom is 0.239 e. The quantitative estimate of drug-likeness (QED) is 0.812. The van der Waals surface area contributed by atoms with Crippen LogP contribution >= 0.6 is 0 Å². The molecule has 26 heavy (non-hydrogen) atoms. The third-order valence-corrected chi connectivity index (χ3v) is 4.37. The van der Waals surface area contributed by atoms with Crippen LogP contribution in [-0.2, 0) is 17.8 Å². The summed E-state index contributed by atoms with van der Waals surface area (Å²) in [5.74, 6) is 1.67. The molecule has 1 fully saturated rings. The molecule has 0 radical (unpaired) electrons. The predicted molar refractivity (Wildman–Crippen MR) is 101 cm³/mol. The van der Waals surface area contributed by atoms with Crippen LogP contribution in [-0.4, -0.2) is 46.5 Å². The second-order valence-corrected chi connectivity index (χ2v) is 6.51. The minimum absolute atomic E-state index is 0.0140. The van der Waals surface area contributed by atoms with Gasteiger partial charge in [-0.15, -0.1) is 0 Å². The van der Waals surface area contributed by atoms with Crippen molar-refractivity contribution in [2.75, 3.05) is 24.5 Å². The molecule has 0 saturated carbocycles. The third-order valence-electron chi connectivity index (χ3n) is 4.37. The molecule has 3 rings (SSSR count). The third kappa shape index (κ3) is 4.76. The first-order chi connectivity index (χ1) is 12.7. The molecule has 1 aliphatic heterocycles. The van der Waals surface area contributed by atoms with Crippen molar-refractivity contribution in [3.63, 3.8) is 0 Å². The predicted octanol–water partition coefficient (Wildman–Crippen LogP) is 1.23. The van der Waals surface area contributed by atoms with E-state index in [-0.39, 0.29) is 11.9 Å². The number of rotatable bonds is 6. The number of hydrogen-bond donors (Lipinski definition) is 2. The van der Waals surface area contributed by atoms with Crippen molar-refractivity contribution in [2.45, 2.75) is 39.3 Å². The van der Waals surface area contributed by atoms with Crippen molar-refractivity contribution >= 4 is 11.7 Å². The van der Waals surface area contributed by atoms with Crippen LogP contribution in [0.25, 0.3) is 0 Å². The molecule has 1 aliphatic rings. The van der Waals surface area contributed by atoms with Gasteiger partial charge in [0.25, 0.3) is 0 Å². The Balaban J connectivity index is 1.62. The van der Waals surface area contributed by atoms with Crippen molar-refractivity contribution in [1.82, 2.24) is 25.6 Å². The van der Waals surface area contributed by atoms with Crippen molar-refractivity contribution in [3.8, 4) is 0 Å². The Morgan fingerprint density at radius 1 is 1.35 bits per heavy atom. The first-order valence-electron chi connectivity index (χ1n) is 9.16. The van der Waals surface area contributed by atoms with Gasteiger partial charge in [-0.1, -0.05) is 19.4 Å². The van der Waals surface area contributed by atoms with Crippen LogP contribution in [0.3, 0.4) is 0 Å². The zero-order valence-electron chi connectivity index (χ0n) is 15.4. The van der Waals surface area contributed by atoms with Gasteiger partial charge in [0.2, 0.25) is 5.91 Å². The Bertz CT molecular complexity index is 736.